The monoisotopic (exact) mass is 434 g/mol. The Labute approximate surface area is 127 Å². The van der Waals surface area contributed by atoms with E-state index in [4.69, 9.17) is 0 Å². The Kier molecular flexibility index (Phi) is 9.81. The van der Waals surface area contributed by atoms with Crippen LogP contribution in [0.4, 0.5) is 0 Å². The molecule has 17 heavy (non-hydrogen) atoms. The third-order valence-corrected chi connectivity index (χ3v) is 7.07. The summed E-state index contributed by atoms with van der Waals surface area (Å²) >= 11 is -0.471. The minimum absolute atomic E-state index is 0. The summed E-state index contributed by atoms with van der Waals surface area (Å²) in [6.07, 6.45) is 0. The summed E-state index contributed by atoms with van der Waals surface area (Å²) in [5, 5.41) is 0. The summed E-state index contributed by atoms with van der Waals surface area (Å²) in [5.41, 5.74) is 3.05. The van der Waals surface area contributed by atoms with E-state index in [0.717, 1.165) is 0 Å². The van der Waals surface area contributed by atoms with Crippen molar-refractivity contribution in [3.63, 3.8) is 0 Å². The van der Waals surface area contributed by atoms with Crippen LogP contribution >= 0.6 is 24.8 Å². The molecule has 2 aromatic rings. The summed E-state index contributed by atoms with van der Waals surface area (Å²) in [5.74, 6) is 0. The summed E-state index contributed by atoms with van der Waals surface area (Å²) in [6.45, 7) is 0. The minimum atomic E-state index is -0.471. The molecule has 0 amide bonds. The topological polar surface area (TPSA) is 0 Å². The van der Waals surface area contributed by atoms with E-state index in [1.165, 1.54) is 19.5 Å². The molecule has 0 atom stereocenters. The molecule has 0 unspecified atom stereocenters. The summed E-state index contributed by atoms with van der Waals surface area (Å²) in [4.78, 5) is 0. The fourth-order valence-electron chi connectivity index (χ4n) is 1.54. The number of benzene rings is 2. The van der Waals surface area contributed by atoms with Crippen LogP contribution in [0.5, 0.6) is 0 Å². The second kappa shape index (κ2) is 9.87. The van der Waals surface area contributed by atoms with E-state index in [-0.39, 0.29) is 24.8 Å². The van der Waals surface area contributed by atoms with Crippen molar-refractivity contribution in [1.29, 1.82) is 0 Å². The van der Waals surface area contributed by atoms with Gasteiger partial charge < -0.3 is 0 Å². The second-order valence-electron chi connectivity index (χ2n) is 3.57. The quantitative estimate of drug-likeness (QED) is 0.630. The normalized spacial score (nSPS) is 8.71. The SMILES string of the molecule is Cl.Cl.c1ccc([CH2][Hf][CH2]c2ccccc2)cc1. The van der Waals surface area contributed by atoms with Gasteiger partial charge in [0.25, 0.3) is 0 Å². The van der Waals surface area contributed by atoms with Gasteiger partial charge in [0.15, 0.2) is 0 Å². The molecule has 0 aliphatic heterocycles. The predicted octanol–water partition coefficient (Wildman–Crippen LogP) is 4.31. The van der Waals surface area contributed by atoms with E-state index >= 15 is 0 Å². The Balaban J connectivity index is 0.00000128. The Morgan fingerprint density at radius 3 is 1.29 bits per heavy atom. The Morgan fingerprint density at radius 1 is 0.588 bits per heavy atom. The molecule has 0 N–H and O–H groups in total. The van der Waals surface area contributed by atoms with Crippen LogP contribution < -0.4 is 0 Å². The molecule has 2 rings (SSSR count). The zero-order valence-electron chi connectivity index (χ0n) is 9.50. The molecule has 90 valence electrons. The van der Waals surface area contributed by atoms with Crippen LogP contribution in [-0.4, -0.2) is 0 Å². The van der Waals surface area contributed by atoms with Crippen LogP contribution in [0.1, 0.15) is 11.1 Å². The Bertz CT molecular complexity index is 350. The molecule has 0 aliphatic carbocycles. The van der Waals surface area contributed by atoms with Crippen LogP contribution in [0.3, 0.4) is 0 Å². The zero-order valence-corrected chi connectivity index (χ0v) is 14.7. The number of hydrogen-bond acceptors (Lipinski definition) is 0. The van der Waals surface area contributed by atoms with Crippen molar-refractivity contribution in [3.8, 4) is 0 Å². The fraction of sp³-hybridized carbons (Fsp3) is 0.143. The van der Waals surface area contributed by atoms with Gasteiger partial charge in [0.05, 0.1) is 0 Å². The van der Waals surface area contributed by atoms with Crippen molar-refractivity contribution in [1.82, 2.24) is 0 Å². The van der Waals surface area contributed by atoms with Gasteiger partial charge in [-0.1, -0.05) is 0 Å². The van der Waals surface area contributed by atoms with Gasteiger partial charge in [-0.05, 0) is 0 Å². The number of rotatable bonds is 4. The van der Waals surface area contributed by atoms with Gasteiger partial charge >= 0.3 is 103 Å². The van der Waals surface area contributed by atoms with E-state index in [1.807, 2.05) is 0 Å². The molecule has 0 spiro atoms. The zero-order chi connectivity index (χ0) is 10.3. The summed E-state index contributed by atoms with van der Waals surface area (Å²) in [7, 11) is 0. The molecule has 0 radical (unpaired) electrons. The number of halogens is 2. The third kappa shape index (κ3) is 6.40. The first-order chi connectivity index (χ1) is 7.45. The van der Waals surface area contributed by atoms with Gasteiger partial charge in [0.2, 0.25) is 0 Å². The van der Waals surface area contributed by atoms with Gasteiger partial charge in [0.1, 0.15) is 0 Å². The molecule has 0 heterocycles. The van der Waals surface area contributed by atoms with Gasteiger partial charge in [-0.2, -0.15) is 0 Å². The van der Waals surface area contributed by atoms with E-state index in [2.05, 4.69) is 60.7 Å². The van der Waals surface area contributed by atoms with E-state index < -0.39 is 22.9 Å². The maximum atomic E-state index is 2.25. The van der Waals surface area contributed by atoms with E-state index in [9.17, 15) is 0 Å². The molecule has 3 heteroatoms. The third-order valence-electron chi connectivity index (χ3n) is 2.34. The molecule has 2 aromatic carbocycles. The molecular formula is C14H16Cl2Hf. The molecule has 0 saturated heterocycles. The summed E-state index contributed by atoms with van der Waals surface area (Å²) in [6, 6.07) is 21.7. The van der Waals surface area contributed by atoms with Crippen LogP contribution in [0, 0.1) is 0 Å². The van der Waals surface area contributed by atoms with Crippen molar-refractivity contribution < 1.29 is 22.9 Å². The van der Waals surface area contributed by atoms with Gasteiger partial charge in [-0.25, -0.2) is 0 Å². The van der Waals surface area contributed by atoms with Gasteiger partial charge in [-0.3, -0.25) is 0 Å². The van der Waals surface area contributed by atoms with E-state index in [1.54, 1.807) is 0 Å². The number of hydrogen-bond donors (Lipinski definition) is 0. The first kappa shape index (κ1) is 16.9. The molecule has 0 aliphatic rings. The Hall–Kier alpha value is -0.110. The molecule has 0 nitrogen and oxygen atoms in total. The van der Waals surface area contributed by atoms with Crippen molar-refractivity contribution in [2.45, 2.75) is 8.35 Å². The predicted molar refractivity (Wildman–Crippen MR) is 74.8 cm³/mol. The second-order valence-corrected chi connectivity index (χ2v) is 7.91. The molecule has 0 aromatic heterocycles. The van der Waals surface area contributed by atoms with Crippen molar-refractivity contribution in [2.75, 3.05) is 0 Å². The van der Waals surface area contributed by atoms with Crippen molar-refractivity contribution >= 4 is 24.8 Å². The van der Waals surface area contributed by atoms with Crippen molar-refractivity contribution in [3.05, 3.63) is 71.8 Å². The van der Waals surface area contributed by atoms with Crippen LogP contribution in [-0.2, 0) is 31.3 Å². The van der Waals surface area contributed by atoms with Crippen LogP contribution in [0.15, 0.2) is 60.7 Å². The average molecular weight is 434 g/mol. The molecular weight excluding hydrogens is 418 g/mol. The Morgan fingerprint density at radius 2 is 0.941 bits per heavy atom. The maximum absolute atomic E-state index is 2.25. The van der Waals surface area contributed by atoms with E-state index in [0.29, 0.717) is 0 Å². The van der Waals surface area contributed by atoms with Crippen molar-refractivity contribution in [2.24, 2.45) is 0 Å². The molecule has 0 bridgehead atoms. The van der Waals surface area contributed by atoms with Crippen LogP contribution in [0.25, 0.3) is 0 Å². The van der Waals surface area contributed by atoms with Gasteiger partial charge in [0, 0.05) is 0 Å². The molecule has 0 saturated carbocycles. The average Bonchev–Trinajstić information content (AvgIpc) is 2.32. The van der Waals surface area contributed by atoms with Gasteiger partial charge in [-0.15, -0.1) is 24.8 Å². The molecule has 0 fully saturated rings. The fourth-order valence-corrected chi connectivity index (χ4v) is 5.76. The van der Waals surface area contributed by atoms with Crippen LogP contribution in [0.2, 0.25) is 0 Å². The summed E-state index contributed by atoms with van der Waals surface area (Å²) < 4.78 is 2.74. The standard InChI is InChI=1S/2C7H7.2ClH.Hf/c2*1-7-5-3-2-4-6-7;;;/h2*2-6H,1H2;2*1H;. The first-order valence-electron chi connectivity index (χ1n) is 5.24. The first-order valence-corrected chi connectivity index (χ1v) is 10.3.